The first-order valence-corrected chi connectivity index (χ1v) is 8.60. The number of aliphatic carboxylic acids is 1. The van der Waals surface area contributed by atoms with E-state index in [2.05, 4.69) is 15.9 Å². The van der Waals surface area contributed by atoms with Crippen molar-refractivity contribution in [1.29, 1.82) is 0 Å². The molecule has 5 nitrogen and oxygen atoms in total. The predicted octanol–water partition coefficient (Wildman–Crippen LogP) is 2.32. The van der Waals surface area contributed by atoms with Crippen LogP contribution in [-0.4, -0.2) is 36.9 Å². The highest BCUT2D eigenvalue weighted by Crippen LogP contribution is 2.26. The van der Waals surface area contributed by atoms with Crippen molar-refractivity contribution in [2.45, 2.75) is 24.2 Å². The van der Waals surface area contributed by atoms with Gasteiger partial charge in [0, 0.05) is 24.0 Å². The molecule has 20 heavy (non-hydrogen) atoms. The molecule has 0 aliphatic carbocycles. The summed E-state index contributed by atoms with van der Waals surface area (Å²) in [5, 5.41) is 8.83. The lowest BCUT2D eigenvalue weighted by molar-refractivity contribution is -0.138. The zero-order chi connectivity index (χ0) is 14.8. The maximum Gasteiger partial charge on any atom is 0.303 e. The molecule has 110 valence electrons. The molecular weight excluding hydrogens is 346 g/mol. The standard InChI is InChI=1S/C13H16BrNO4S/c14-11-3-5-12(6-4-11)20(18,19)15-7-1-2-10(9-15)8-13(16)17/h3-6,10H,1-2,7-9H2,(H,16,17). The van der Waals surface area contributed by atoms with Crippen LogP contribution in [0.4, 0.5) is 0 Å². The molecule has 1 aliphatic heterocycles. The van der Waals surface area contributed by atoms with Crippen LogP contribution < -0.4 is 0 Å². The van der Waals surface area contributed by atoms with Crippen LogP contribution >= 0.6 is 15.9 Å². The lowest BCUT2D eigenvalue weighted by atomic mass is 9.96. The summed E-state index contributed by atoms with van der Waals surface area (Å²) in [5.41, 5.74) is 0. The minimum Gasteiger partial charge on any atom is -0.481 e. The second-order valence-electron chi connectivity index (χ2n) is 4.92. The molecule has 0 aromatic heterocycles. The van der Waals surface area contributed by atoms with Crippen molar-refractivity contribution in [1.82, 2.24) is 4.31 Å². The van der Waals surface area contributed by atoms with Gasteiger partial charge in [0.25, 0.3) is 0 Å². The van der Waals surface area contributed by atoms with Gasteiger partial charge in [-0.1, -0.05) is 15.9 Å². The van der Waals surface area contributed by atoms with Gasteiger partial charge in [-0.25, -0.2) is 8.42 Å². The van der Waals surface area contributed by atoms with Crippen LogP contribution in [0.5, 0.6) is 0 Å². The molecule has 0 amide bonds. The van der Waals surface area contributed by atoms with E-state index in [0.29, 0.717) is 13.0 Å². The zero-order valence-corrected chi connectivity index (χ0v) is 13.2. The first-order chi connectivity index (χ1) is 9.39. The van der Waals surface area contributed by atoms with Crippen LogP contribution in [0, 0.1) is 5.92 Å². The molecular formula is C13H16BrNO4S. The molecule has 1 unspecified atom stereocenters. The maximum atomic E-state index is 12.5. The van der Waals surface area contributed by atoms with Crippen LogP contribution in [0.25, 0.3) is 0 Å². The van der Waals surface area contributed by atoms with Crippen molar-refractivity contribution in [2.75, 3.05) is 13.1 Å². The Morgan fingerprint density at radius 3 is 2.60 bits per heavy atom. The van der Waals surface area contributed by atoms with E-state index in [1.807, 2.05) is 0 Å². The molecule has 1 heterocycles. The average molecular weight is 362 g/mol. The van der Waals surface area contributed by atoms with Gasteiger partial charge in [0.05, 0.1) is 4.90 Å². The van der Waals surface area contributed by atoms with Gasteiger partial charge < -0.3 is 5.11 Å². The van der Waals surface area contributed by atoms with Crippen LogP contribution in [0.1, 0.15) is 19.3 Å². The summed E-state index contributed by atoms with van der Waals surface area (Å²) >= 11 is 3.27. The zero-order valence-electron chi connectivity index (χ0n) is 10.8. The quantitative estimate of drug-likeness (QED) is 0.892. The van der Waals surface area contributed by atoms with E-state index in [4.69, 9.17) is 5.11 Å². The SMILES string of the molecule is O=C(O)CC1CCCN(S(=O)(=O)c2ccc(Br)cc2)C1. The minimum atomic E-state index is -3.53. The lowest BCUT2D eigenvalue weighted by Gasteiger charge is -2.31. The molecule has 2 rings (SSSR count). The third-order valence-electron chi connectivity index (χ3n) is 3.40. The summed E-state index contributed by atoms with van der Waals surface area (Å²) in [4.78, 5) is 11.0. The van der Waals surface area contributed by atoms with E-state index in [9.17, 15) is 13.2 Å². The van der Waals surface area contributed by atoms with Gasteiger partial charge in [0.15, 0.2) is 0 Å². The van der Waals surface area contributed by atoms with Gasteiger partial charge >= 0.3 is 5.97 Å². The summed E-state index contributed by atoms with van der Waals surface area (Å²) in [6.07, 6.45) is 1.48. The van der Waals surface area contributed by atoms with Gasteiger partial charge in [-0.2, -0.15) is 4.31 Å². The topological polar surface area (TPSA) is 74.7 Å². The fourth-order valence-corrected chi connectivity index (χ4v) is 4.23. The largest absolute Gasteiger partial charge is 0.481 e. The smallest absolute Gasteiger partial charge is 0.303 e. The van der Waals surface area contributed by atoms with Gasteiger partial charge in [-0.3, -0.25) is 4.79 Å². The van der Waals surface area contributed by atoms with Gasteiger partial charge in [0.1, 0.15) is 0 Å². The number of nitrogens with zero attached hydrogens (tertiary/aromatic N) is 1. The highest BCUT2D eigenvalue weighted by Gasteiger charge is 2.30. The number of carboxylic acid groups (broad SMARTS) is 1. The molecule has 1 aromatic rings. The van der Waals surface area contributed by atoms with Crippen molar-refractivity contribution < 1.29 is 18.3 Å². The number of rotatable bonds is 4. The van der Waals surface area contributed by atoms with Gasteiger partial charge in [-0.15, -0.1) is 0 Å². The molecule has 1 aliphatic rings. The molecule has 0 spiro atoms. The van der Waals surface area contributed by atoms with Crippen LogP contribution in [-0.2, 0) is 14.8 Å². The molecule has 0 radical (unpaired) electrons. The second-order valence-corrected chi connectivity index (χ2v) is 7.78. The van der Waals surface area contributed by atoms with E-state index in [1.54, 1.807) is 24.3 Å². The van der Waals surface area contributed by atoms with Crippen molar-refractivity contribution >= 4 is 31.9 Å². The average Bonchev–Trinajstić information content (AvgIpc) is 2.39. The maximum absolute atomic E-state index is 12.5. The third kappa shape index (κ3) is 3.59. The Hall–Kier alpha value is -0.920. The minimum absolute atomic E-state index is 0.0202. The second kappa shape index (κ2) is 6.24. The molecule has 1 fully saturated rings. The summed E-state index contributed by atoms with van der Waals surface area (Å²) in [7, 11) is -3.53. The number of carbonyl (C=O) groups is 1. The van der Waals surface area contributed by atoms with E-state index < -0.39 is 16.0 Å². The van der Waals surface area contributed by atoms with Gasteiger partial charge in [0.2, 0.25) is 10.0 Å². The summed E-state index contributed by atoms with van der Waals surface area (Å²) in [5.74, 6) is -0.982. The van der Waals surface area contributed by atoms with Crippen molar-refractivity contribution in [3.63, 3.8) is 0 Å². The number of halogens is 1. The first-order valence-electron chi connectivity index (χ1n) is 6.37. The molecule has 7 heteroatoms. The Morgan fingerprint density at radius 1 is 1.35 bits per heavy atom. The van der Waals surface area contributed by atoms with Crippen LogP contribution in [0.15, 0.2) is 33.6 Å². The Kier molecular flexibility index (Phi) is 4.82. The van der Waals surface area contributed by atoms with Crippen molar-refractivity contribution in [2.24, 2.45) is 5.92 Å². The Morgan fingerprint density at radius 2 is 2.00 bits per heavy atom. The number of piperidine rings is 1. The summed E-state index contributed by atoms with van der Waals surface area (Å²) in [6, 6.07) is 6.48. The molecule has 0 bridgehead atoms. The molecule has 0 saturated carbocycles. The number of carboxylic acids is 1. The molecule has 1 aromatic carbocycles. The first kappa shape index (κ1) is 15.5. The lowest BCUT2D eigenvalue weighted by Crippen LogP contribution is -2.40. The van der Waals surface area contributed by atoms with E-state index >= 15 is 0 Å². The normalized spacial score (nSPS) is 20.8. The molecule has 1 saturated heterocycles. The highest BCUT2D eigenvalue weighted by molar-refractivity contribution is 9.10. The van der Waals surface area contributed by atoms with Crippen molar-refractivity contribution in [3.05, 3.63) is 28.7 Å². The number of hydrogen-bond donors (Lipinski definition) is 1. The van der Waals surface area contributed by atoms with Crippen LogP contribution in [0.2, 0.25) is 0 Å². The van der Waals surface area contributed by atoms with E-state index in [-0.39, 0.29) is 23.8 Å². The van der Waals surface area contributed by atoms with E-state index in [0.717, 1.165) is 10.9 Å². The third-order valence-corrected chi connectivity index (χ3v) is 5.80. The Labute approximate surface area is 126 Å². The predicted molar refractivity (Wildman–Crippen MR) is 77.9 cm³/mol. The Bertz CT molecular complexity index is 585. The van der Waals surface area contributed by atoms with E-state index in [1.165, 1.54) is 4.31 Å². The molecule has 1 atom stereocenters. The summed E-state index contributed by atoms with van der Waals surface area (Å²) in [6.45, 7) is 0.735. The van der Waals surface area contributed by atoms with Crippen molar-refractivity contribution in [3.8, 4) is 0 Å². The van der Waals surface area contributed by atoms with Crippen LogP contribution in [0.3, 0.4) is 0 Å². The number of benzene rings is 1. The monoisotopic (exact) mass is 361 g/mol. The molecule has 1 N–H and O–H groups in total. The fourth-order valence-electron chi connectivity index (χ4n) is 2.41. The van der Waals surface area contributed by atoms with Gasteiger partial charge in [-0.05, 0) is 43.0 Å². The number of hydrogen-bond acceptors (Lipinski definition) is 3. The Balaban J connectivity index is 2.16. The number of sulfonamides is 1. The highest BCUT2D eigenvalue weighted by atomic mass is 79.9. The fraction of sp³-hybridized carbons (Fsp3) is 0.462. The summed E-state index contributed by atoms with van der Waals surface area (Å²) < 4.78 is 27.2.